The zero-order chi connectivity index (χ0) is 11.5. The van der Waals surface area contributed by atoms with E-state index in [1.807, 2.05) is 5.43 Å². The summed E-state index contributed by atoms with van der Waals surface area (Å²) in [6, 6.07) is 1.54. The van der Waals surface area contributed by atoms with E-state index in [0.717, 1.165) is 0 Å². The minimum absolute atomic E-state index is 0.322. The molecule has 0 atom stereocenters. The predicted octanol–water partition coefficient (Wildman–Crippen LogP) is 0.781. The number of nitrogens with one attached hydrogen (secondary N) is 1. The first kappa shape index (κ1) is 10.7. The monoisotopic (exact) mass is 240 g/mol. The molecule has 2 aromatic rings. The van der Waals surface area contributed by atoms with Gasteiger partial charge in [0.25, 0.3) is 5.91 Å². The number of nitrogen functional groups attached to an aromatic ring is 1. The minimum atomic E-state index is -0.401. The molecule has 7 heteroatoms. The van der Waals surface area contributed by atoms with Crippen molar-refractivity contribution in [1.29, 1.82) is 0 Å². The number of amides is 1. The highest BCUT2D eigenvalue weighted by Crippen LogP contribution is 2.13. The van der Waals surface area contributed by atoms with Crippen molar-refractivity contribution in [2.75, 3.05) is 0 Å². The zero-order valence-corrected chi connectivity index (χ0v) is 8.94. The lowest BCUT2D eigenvalue weighted by Gasteiger charge is -2.01. The van der Waals surface area contributed by atoms with Crippen molar-refractivity contribution >= 4 is 17.5 Å². The highest BCUT2D eigenvalue weighted by Gasteiger charge is 2.14. The van der Waals surface area contributed by atoms with Crippen LogP contribution < -0.4 is 11.3 Å². The van der Waals surface area contributed by atoms with Crippen LogP contribution in [0.15, 0.2) is 29.1 Å². The number of aromatic nitrogens is 2. The Morgan fingerprint density at radius 1 is 1.69 bits per heavy atom. The number of carbonyl (C=O) groups is 1. The van der Waals surface area contributed by atoms with Crippen LogP contribution in [0.2, 0.25) is 5.02 Å². The molecule has 0 radical (unpaired) electrons. The molecule has 2 aromatic heterocycles. The fourth-order valence-corrected chi connectivity index (χ4v) is 1.47. The van der Waals surface area contributed by atoms with E-state index in [0.29, 0.717) is 22.9 Å². The molecule has 3 N–H and O–H groups in total. The Bertz CT molecular complexity index is 505. The average Bonchev–Trinajstić information content (AvgIpc) is 2.87. The second-order valence-electron chi connectivity index (χ2n) is 3.09. The molecule has 0 aromatic carbocycles. The van der Waals surface area contributed by atoms with Crippen molar-refractivity contribution < 1.29 is 9.21 Å². The number of nitrogens with two attached hydrogens (primary N) is 1. The zero-order valence-electron chi connectivity index (χ0n) is 8.18. The van der Waals surface area contributed by atoms with E-state index in [2.05, 4.69) is 5.10 Å². The third kappa shape index (κ3) is 2.07. The Hall–Kier alpha value is -1.79. The third-order valence-corrected chi connectivity index (χ3v) is 2.22. The fraction of sp³-hybridized carbons (Fsp3) is 0.111. The maximum atomic E-state index is 11.3. The number of hydrogen-bond acceptors (Lipinski definition) is 4. The van der Waals surface area contributed by atoms with Crippen molar-refractivity contribution in [2.24, 2.45) is 5.84 Å². The van der Waals surface area contributed by atoms with Gasteiger partial charge >= 0.3 is 0 Å². The SMILES string of the molecule is NNC(=O)c1ccoc1Cn1cc(Cl)cn1. The molecule has 0 bridgehead atoms. The fourth-order valence-electron chi connectivity index (χ4n) is 1.32. The summed E-state index contributed by atoms with van der Waals surface area (Å²) in [5.41, 5.74) is 2.43. The van der Waals surface area contributed by atoms with Crippen LogP contribution in [0.3, 0.4) is 0 Å². The highest BCUT2D eigenvalue weighted by molar-refractivity contribution is 6.30. The number of hydrazine groups is 1. The van der Waals surface area contributed by atoms with Crippen LogP contribution in [0.25, 0.3) is 0 Å². The maximum Gasteiger partial charge on any atom is 0.268 e. The largest absolute Gasteiger partial charge is 0.467 e. The minimum Gasteiger partial charge on any atom is -0.467 e. The second kappa shape index (κ2) is 4.38. The molecule has 6 nitrogen and oxygen atoms in total. The van der Waals surface area contributed by atoms with E-state index in [9.17, 15) is 4.79 Å². The van der Waals surface area contributed by atoms with Crippen LogP contribution in [0, 0.1) is 0 Å². The Morgan fingerprint density at radius 3 is 3.12 bits per heavy atom. The molecule has 0 fully saturated rings. The van der Waals surface area contributed by atoms with Crippen molar-refractivity contribution in [3.8, 4) is 0 Å². The first-order valence-corrected chi connectivity index (χ1v) is 4.84. The molecule has 0 aliphatic heterocycles. The number of carbonyl (C=O) groups excluding carboxylic acids is 1. The van der Waals surface area contributed by atoms with Gasteiger partial charge in [0.05, 0.1) is 29.6 Å². The number of nitrogens with zero attached hydrogens (tertiary/aromatic N) is 2. The Morgan fingerprint density at radius 2 is 2.50 bits per heavy atom. The second-order valence-corrected chi connectivity index (χ2v) is 3.52. The Balaban J connectivity index is 2.22. The summed E-state index contributed by atoms with van der Waals surface area (Å²) < 4.78 is 6.74. The summed E-state index contributed by atoms with van der Waals surface area (Å²) >= 11 is 5.72. The standard InChI is InChI=1S/C9H9ClN4O2/c10-6-3-12-14(4-6)5-8-7(1-2-16-8)9(15)13-11/h1-4H,5,11H2,(H,13,15). The molecular weight excluding hydrogens is 232 g/mol. The van der Waals surface area contributed by atoms with Gasteiger partial charge in [-0.05, 0) is 6.07 Å². The third-order valence-electron chi connectivity index (χ3n) is 2.03. The lowest BCUT2D eigenvalue weighted by atomic mass is 10.2. The molecule has 84 valence electrons. The van der Waals surface area contributed by atoms with Gasteiger partial charge < -0.3 is 4.42 Å². The molecule has 0 unspecified atom stereocenters. The van der Waals surface area contributed by atoms with E-state index < -0.39 is 5.91 Å². The highest BCUT2D eigenvalue weighted by atomic mass is 35.5. The van der Waals surface area contributed by atoms with Crippen molar-refractivity contribution in [2.45, 2.75) is 6.54 Å². The van der Waals surface area contributed by atoms with Crippen LogP contribution in [0.4, 0.5) is 0 Å². The van der Waals surface area contributed by atoms with Crippen molar-refractivity contribution in [3.05, 3.63) is 41.1 Å². The summed E-state index contributed by atoms with van der Waals surface area (Å²) in [6.45, 7) is 0.322. The van der Waals surface area contributed by atoms with Crippen molar-refractivity contribution in [3.63, 3.8) is 0 Å². The maximum absolute atomic E-state index is 11.3. The van der Waals surface area contributed by atoms with Gasteiger partial charge in [0.15, 0.2) is 0 Å². The Labute approximate surface area is 95.9 Å². The van der Waals surface area contributed by atoms with Gasteiger partial charge in [-0.1, -0.05) is 11.6 Å². The lowest BCUT2D eigenvalue weighted by molar-refractivity contribution is 0.0951. The molecule has 0 spiro atoms. The first-order valence-electron chi connectivity index (χ1n) is 4.46. The van der Waals surface area contributed by atoms with Crippen molar-refractivity contribution in [1.82, 2.24) is 15.2 Å². The topological polar surface area (TPSA) is 86.1 Å². The van der Waals surface area contributed by atoms with Gasteiger partial charge in [-0.3, -0.25) is 14.9 Å². The van der Waals surface area contributed by atoms with Crippen LogP contribution in [0.5, 0.6) is 0 Å². The van der Waals surface area contributed by atoms with Crippen LogP contribution >= 0.6 is 11.6 Å². The number of hydrogen-bond donors (Lipinski definition) is 2. The normalized spacial score (nSPS) is 10.4. The number of rotatable bonds is 3. The van der Waals surface area contributed by atoms with Gasteiger partial charge in [0.2, 0.25) is 0 Å². The molecular formula is C9H9ClN4O2. The molecule has 0 saturated heterocycles. The molecule has 0 aliphatic carbocycles. The van der Waals surface area contributed by atoms with Crippen LogP contribution in [-0.4, -0.2) is 15.7 Å². The van der Waals surface area contributed by atoms with E-state index in [-0.39, 0.29) is 0 Å². The van der Waals surface area contributed by atoms with Gasteiger partial charge in [0.1, 0.15) is 5.76 Å². The smallest absolute Gasteiger partial charge is 0.268 e. The molecule has 16 heavy (non-hydrogen) atoms. The molecule has 0 aliphatic rings. The molecule has 1 amide bonds. The van der Waals surface area contributed by atoms with E-state index >= 15 is 0 Å². The first-order chi connectivity index (χ1) is 7.70. The predicted molar refractivity (Wildman–Crippen MR) is 56.7 cm³/mol. The lowest BCUT2D eigenvalue weighted by Crippen LogP contribution is -2.30. The van der Waals surface area contributed by atoms with Gasteiger partial charge in [-0.25, -0.2) is 5.84 Å². The molecule has 0 saturated carbocycles. The summed E-state index contributed by atoms with van der Waals surface area (Å²) in [6.07, 6.45) is 4.56. The van der Waals surface area contributed by atoms with Gasteiger partial charge in [-0.2, -0.15) is 5.10 Å². The van der Waals surface area contributed by atoms with Gasteiger partial charge in [-0.15, -0.1) is 0 Å². The van der Waals surface area contributed by atoms with Crippen LogP contribution in [-0.2, 0) is 6.54 Å². The molecule has 2 rings (SSSR count). The Kier molecular flexibility index (Phi) is 2.93. The molecule has 2 heterocycles. The van der Waals surface area contributed by atoms with E-state index in [1.54, 1.807) is 16.9 Å². The summed E-state index contributed by atoms with van der Waals surface area (Å²) in [5, 5.41) is 4.50. The van der Waals surface area contributed by atoms with Crippen LogP contribution in [0.1, 0.15) is 16.1 Å². The van der Waals surface area contributed by atoms with E-state index in [1.165, 1.54) is 12.5 Å². The summed E-state index contributed by atoms with van der Waals surface area (Å²) in [4.78, 5) is 11.3. The average molecular weight is 241 g/mol. The van der Waals surface area contributed by atoms with E-state index in [4.69, 9.17) is 21.9 Å². The number of furan rings is 1. The summed E-state index contributed by atoms with van der Waals surface area (Å²) in [7, 11) is 0. The quantitative estimate of drug-likeness (QED) is 0.472. The van der Waals surface area contributed by atoms with Gasteiger partial charge in [0, 0.05) is 6.20 Å². The summed E-state index contributed by atoms with van der Waals surface area (Å²) in [5.74, 6) is 5.12. The number of halogens is 1.